The van der Waals surface area contributed by atoms with Crippen LogP contribution >= 0.6 is 0 Å². The summed E-state index contributed by atoms with van der Waals surface area (Å²) >= 11 is 0. The zero-order valence-corrected chi connectivity index (χ0v) is 51.1. The first-order valence-corrected chi connectivity index (χ1v) is 32.3. The van der Waals surface area contributed by atoms with Gasteiger partial charge in [-0.15, -0.1) is 0 Å². The molecule has 0 spiro atoms. The van der Waals surface area contributed by atoms with Gasteiger partial charge in [0.05, 0.1) is 42.5 Å². The quantitative estimate of drug-likeness (QED) is 0.0470. The lowest BCUT2D eigenvalue weighted by Gasteiger charge is -2.31. The highest BCUT2D eigenvalue weighted by Crippen LogP contribution is 2.36. The fraction of sp³-hybridized carbons (Fsp3) is 0.169. The molecule has 0 saturated carbocycles. The van der Waals surface area contributed by atoms with Crippen molar-refractivity contribution in [3.05, 3.63) is 287 Å². The van der Waals surface area contributed by atoms with Crippen molar-refractivity contribution in [2.45, 2.75) is 59.7 Å². The molecule has 10 rings (SSSR count). The third-order valence-corrected chi connectivity index (χ3v) is 17.1. The van der Waals surface area contributed by atoms with Gasteiger partial charge in [-0.25, -0.2) is 16.8 Å². The van der Waals surface area contributed by atoms with Crippen molar-refractivity contribution < 1.29 is 40.9 Å². The minimum Gasteiger partial charge on any atom is -0.493 e. The molecule has 2 heterocycles. The third kappa shape index (κ3) is 17.3. The van der Waals surface area contributed by atoms with Crippen LogP contribution in [0.4, 0.5) is 22.7 Å². The monoisotopic (exact) mass is 1230 g/mol. The van der Waals surface area contributed by atoms with Gasteiger partial charge in [0.1, 0.15) is 41.1 Å². The third-order valence-electron chi connectivity index (χ3n) is 14.7. The summed E-state index contributed by atoms with van der Waals surface area (Å²) in [5, 5.41) is 19.6. The van der Waals surface area contributed by atoms with E-state index in [9.17, 15) is 27.2 Å². The van der Waals surface area contributed by atoms with Gasteiger partial charge in [-0.3, -0.25) is 19.0 Å². The van der Waals surface area contributed by atoms with Crippen molar-refractivity contribution in [3.63, 3.8) is 0 Å². The second-order valence-corrected chi connectivity index (χ2v) is 25.0. The molecular formula is C71H67N7O9S2. The molecule has 18 heteroatoms. The van der Waals surface area contributed by atoms with Gasteiger partial charge in [-0.1, -0.05) is 97.1 Å². The molecule has 0 saturated heterocycles. The van der Waals surface area contributed by atoms with Gasteiger partial charge >= 0.3 is 0 Å². The summed E-state index contributed by atoms with van der Waals surface area (Å²) in [5.74, 6) is 2.60. The minimum atomic E-state index is -4.43. The molecular weight excluding hydrogens is 1160 g/mol. The summed E-state index contributed by atoms with van der Waals surface area (Å²) in [6.07, 6.45) is 8.72. The Morgan fingerprint density at radius 1 is 0.494 bits per heavy atom. The molecule has 0 radical (unpaired) electrons. The van der Waals surface area contributed by atoms with Crippen LogP contribution in [0.15, 0.2) is 231 Å². The summed E-state index contributed by atoms with van der Waals surface area (Å²) in [5.41, 5.74) is 9.97. The van der Waals surface area contributed by atoms with Crippen molar-refractivity contribution in [3.8, 4) is 40.6 Å². The Bertz CT molecular complexity index is 4260. The summed E-state index contributed by atoms with van der Waals surface area (Å²) < 4.78 is 85.2. The average Bonchev–Trinajstić information content (AvgIpc) is 3.43. The Labute approximate surface area is 520 Å². The Hall–Kier alpha value is -10.2. The molecule has 0 aliphatic heterocycles. The maximum atomic E-state index is 14.6. The SMILES string of the molecule is Cc1c(NS(=O)(=O)CN(c2cccc(N(Cc3ccccc3)Cc3ccc(Oc4cccc(OCCc5cccnc5)c4)cc3)c2C)S(C)(=O)=O)cccc1N(Cc1ccc(C#N)cc1)Cc1ccc(Oc2cc(CO)cc(OCc3cccnc3)c2)cc1. The molecule has 0 fully saturated rings. The van der Waals surface area contributed by atoms with Crippen LogP contribution in [0.2, 0.25) is 0 Å². The van der Waals surface area contributed by atoms with Crippen molar-refractivity contribution in [1.29, 1.82) is 5.26 Å². The Kier molecular flexibility index (Phi) is 20.2. The summed E-state index contributed by atoms with van der Waals surface area (Å²) in [6, 6.07) is 65.8. The first kappa shape index (κ1) is 61.9. The number of anilines is 4. The van der Waals surface area contributed by atoms with Crippen molar-refractivity contribution in [2.75, 3.05) is 37.6 Å². The van der Waals surface area contributed by atoms with Gasteiger partial charge in [0.25, 0.3) is 10.0 Å². The highest BCUT2D eigenvalue weighted by atomic mass is 32.2. The van der Waals surface area contributed by atoms with Gasteiger partial charge in [0.15, 0.2) is 5.88 Å². The number of rotatable bonds is 28. The molecule has 0 bridgehead atoms. The fourth-order valence-corrected chi connectivity index (χ4v) is 13.0. The molecule has 89 heavy (non-hydrogen) atoms. The fourth-order valence-electron chi connectivity index (χ4n) is 10.2. The zero-order chi connectivity index (χ0) is 62.2. The number of hydrogen-bond donors (Lipinski definition) is 2. The predicted molar refractivity (Wildman–Crippen MR) is 348 cm³/mol. The first-order valence-electron chi connectivity index (χ1n) is 28.8. The number of pyridine rings is 2. The lowest BCUT2D eigenvalue weighted by Crippen LogP contribution is -2.38. The molecule has 0 atom stereocenters. The normalized spacial score (nSPS) is 11.3. The summed E-state index contributed by atoms with van der Waals surface area (Å²) in [6.45, 7) is 5.83. The molecule has 0 unspecified atom stereocenters. The van der Waals surface area contributed by atoms with Gasteiger partial charge in [-0.2, -0.15) is 5.26 Å². The van der Waals surface area contributed by atoms with E-state index in [4.69, 9.17) is 18.9 Å². The number of aliphatic hydroxyl groups excluding tert-OH is 1. The topological polar surface area (TPSA) is 197 Å². The summed E-state index contributed by atoms with van der Waals surface area (Å²) in [7, 11) is -8.63. The van der Waals surface area contributed by atoms with Gasteiger partial charge in [0.2, 0.25) is 10.0 Å². The number of aliphatic hydroxyl groups is 1. The molecule has 0 amide bonds. The second-order valence-electron chi connectivity index (χ2n) is 21.4. The van der Waals surface area contributed by atoms with Gasteiger partial charge in [-0.05, 0) is 155 Å². The molecule has 16 nitrogen and oxygen atoms in total. The molecule has 10 aromatic rings. The lowest BCUT2D eigenvalue weighted by atomic mass is 10.1. The van der Waals surface area contributed by atoms with Crippen LogP contribution in [0.3, 0.4) is 0 Å². The van der Waals surface area contributed by atoms with E-state index < -0.39 is 25.9 Å². The number of ether oxygens (including phenoxy) is 4. The number of nitrogens with one attached hydrogen (secondary N) is 1. The Morgan fingerprint density at radius 3 is 1.61 bits per heavy atom. The van der Waals surface area contributed by atoms with Crippen LogP contribution in [0.25, 0.3) is 0 Å². The van der Waals surface area contributed by atoms with Gasteiger partial charge in [0, 0.05) is 86.5 Å². The maximum absolute atomic E-state index is 14.6. The van der Waals surface area contributed by atoms with E-state index in [0.717, 1.165) is 50.4 Å². The molecule has 2 aromatic heterocycles. The van der Waals surface area contributed by atoms with E-state index in [1.807, 2.05) is 165 Å². The predicted octanol–water partition coefficient (Wildman–Crippen LogP) is 13.8. The molecule has 452 valence electrons. The van der Waals surface area contributed by atoms with Crippen LogP contribution < -0.4 is 37.8 Å². The molecule has 0 aliphatic carbocycles. The van der Waals surface area contributed by atoms with Crippen LogP contribution in [0.1, 0.15) is 55.6 Å². The smallest absolute Gasteiger partial charge is 0.252 e. The average molecular weight is 1230 g/mol. The van der Waals surface area contributed by atoms with E-state index in [1.165, 1.54) is 0 Å². The summed E-state index contributed by atoms with van der Waals surface area (Å²) in [4.78, 5) is 12.6. The van der Waals surface area contributed by atoms with Crippen molar-refractivity contribution >= 4 is 42.8 Å². The van der Waals surface area contributed by atoms with Crippen molar-refractivity contribution in [2.24, 2.45) is 0 Å². The van der Waals surface area contributed by atoms with E-state index in [0.29, 0.717) is 101 Å². The van der Waals surface area contributed by atoms with E-state index in [1.54, 1.807) is 80.1 Å². The number of nitriles is 1. The number of aromatic nitrogens is 2. The zero-order valence-electron chi connectivity index (χ0n) is 49.5. The Morgan fingerprint density at radius 2 is 1.01 bits per heavy atom. The lowest BCUT2D eigenvalue weighted by molar-refractivity contribution is 0.276. The Balaban J connectivity index is 0.854. The van der Waals surface area contributed by atoms with Gasteiger partial charge < -0.3 is 33.9 Å². The van der Waals surface area contributed by atoms with Crippen LogP contribution in [-0.2, 0) is 65.9 Å². The second kappa shape index (κ2) is 29.0. The minimum absolute atomic E-state index is 0.209. The highest BCUT2D eigenvalue weighted by Gasteiger charge is 2.29. The number of sulfonamides is 2. The number of nitrogens with zero attached hydrogens (tertiary/aromatic N) is 6. The van der Waals surface area contributed by atoms with Crippen LogP contribution in [0.5, 0.6) is 34.5 Å². The first-order chi connectivity index (χ1) is 43.1. The van der Waals surface area contributed by atoms with E-state index in [2.05, 4.69) is 30.6 Å². The largest absolute Gasteiger partial charge is 0.493 e. The number of benzene rings is 8. The van der Waals surface area contributed by atoms with Crippen LogP contribution in [0, 0.1) is 25.2 Å². The molecule has 8 aromatic carbocycles. The molecule has 2 N–H and O–H groups in total. The van der Waals surface area contributed by atoms with Crippen molar-refractivity contribution in [1.82, 2.24) is 9.97 Å². The molecule has 0 aliphatic rings. The van der Waals surface area contributed by atoms with E-state index >= 15 is 0 Å². The van der Waals surface area contributed by atoms with E-state index in [-0.39, 0.29) is 24.6 Å². The highest BCUT2D eigenvalue weighted by molar-refractivity contribution is 7.96. The van der Waals surface area contributed by atoms with Crippen LogP contribution in [-0.4, -0.2) is 50.6 Å². The standard InChI is InChI=1S/C71H67N7O9S2/c1-52-68(18-8-19-69(52)76(46-57-24-22-54(42-72)23-25-57)47-58-28-32-63(33-29-58)87-67-39-61(49-79)38-66(41-67)85-50-60-15-11-36-74-44-60)75-89(82,83)51-78(88(3,80)81)71-21-9-20-70(53(71)2)77(45-56-12-5-4-6-13-56)48-59-26-30-62(31-27-59)86-65-17-7-16-64(40-65)84-37-34-55-14-10-35-73-43-55/h4-33,35-36,38-41,43-44,75,79H,34,37,45-51H2,1-3H3. The maximum Gasteiger partial charge on any atom is 0.252 e. The number of hydrogen-bond acceptors (Lipinski definition) is 14.